The van der Waals surface area contributed by atoms with Gasteiger partial charge >= 0.3 is 12.1 Å². The molecule has 0 unspecified atom stereocenters. The number of benzene rings is 2. The number of furan rings is 1. The first-order valence-corrected chi connectivity index (χ1v) is 17.1. The Morgan fingerprint density at radius 3 is 2.46 bits per heavy atom. The van der Waals surface area contributed by atoms with Gasteiger partial charge in [0.15, 0.2) is 0 Å². The van der Waals surface area contributed by atoms with Gasteiger partial charge in [-0.15, -0.1) is 0 Å². The molecule has 2 amide bonds. The molecule has 10 nitrogen and oxygen atoms in total. The number of carboxylic acid groups (broad SMARTS) is 1. The molecule has 2 atom stereocenters. The summed E-state index contributed by atoms with van der Waals surface area (Å²) in [6.45, 7) is 0.884. The molecule has 3 heterocycles. The van der Waals surface area contributed by atoms with Gasteiger partial charge in [0.25, 0.3) is 5.91 Å². The Bertz CT molecular complexity index is 1700. The van der Waals surface area contributed by atoms with E-state index in [1.807, 2.05) is 0 Å². The van der Waals surface area contributed by atoms with E-state index >= 15 is 4.39 Å². The maximum Gasteiger partial charge on any atom is 0.401 e. The van der Waals surface area contributed by atoms with Gasteiger partial charge in [0.1, 0.15) is 17.7 Å². The number of piperazine rings is 1. The second-order valence-electron chi connectivity index (χ2n) is 13.4. The van der Waals surface area contributed by atoms with Crippen molar-refractivity contribution in [3.8, 4) is 0 Å². The van der Waals surface area contributed by atoms with Crippen molar-refractivity contribution in [2.24, 2.45) is 5.92 Å². The smallest absolute Gasteiger partial charge is 0.401 e. The van der Waals surface area contributed by atoms with Crippen LogP contribution >= 0.6 is 11.6 Å². The number of ether oxygens (including phenoxy) is 1. The summed E-state index contributed by atoms with van der Waals surface area (Å²) in [6, 6.07) is 8.89. The first-order chi connectivity index (χ1) is 23.8. The number of hydrogen-bond donors (Lipinski definition) is 2. The van der Waals surface area contributed by atoms with E-state index in [1.165, 1.54) is 17.2 Å². The molecular formula is C35H39ClF4N4O6. The van der Waals surface area contributed by atoms with E-state index in [2.05, 4.69) is 10.2 Å². The lowest BCUT2D eigenvalue weighted by molar-refractivity contribution is -0.150. The molecule has 3 fully saturated rings. The van der Waals surface area contributed by atoms with Crippen LogP contribution in [0, 0.1) is 11.7 Å². The fourth-order valence-electron chi connectivity index (χ4n) is 7.31. The number of carboxylic acids is 1. The molecule has 270 valence electrons. The standard InChI is InChI=1S/C35H39ClF4N4O6/c36-28-13-22(29(37)16-30(28)41-33(46)27-19-50-31-4-2-1-3-26(27)31)14-32(45)44-17-23(43-11-9-42(10-12-43)20-35(38,39)40)15-24(44)18-49-25-7-5-21(6-8-25)34(47)48/h1-4,13,16,19,21,23-25H,5-12,14-15,17-18,20H2,(H,41,46)(H,47,48)/t21-,23-,24-,25-/m0/s1. The van der Waals surface area contributed by atoms with Gasteiger partial charge in [-0.1, -0.05) is 29.8 Å². The molecule has 1 saturated carbocycles. The highest BCUT2D eigenvalue weighted by Crippen LogP contribution is 2.32. The molecule has 0 bridgehead atoms. The maximum atomic E-state index is 15.5. The maximum absolute atomic E-state index is 15.5. The minimum Gasteiger partial charge on any atom is -0.481 e. The number of carbonyl (C=O) groups excluding carboxylic acids is 2. The quantitative estimate of drug-likeness (QED) is 0.252. The van der Waals surface area contributed by atoms with Crippen LogP contribution < -0.4 is 5.32 Å². The third-order valence-corrected chi connectivity index (χ3v) is 10.4. The average Bonchev–Trinajstić information content (AvgIpc) is 3.71. The first-order valence-electron chi connectivity index (χ1n) is 16.8. The Kier molecular flexibility index (Phi) is 11.0. The number of amides is 2. The van der Waals surface area contributed by atoms with Crippen molar-refractivity contribution >= 4 is 46.0 Å². The molecule has 3 aliphatic rings. The molecule has 2 aliphatic heterocycles. The molecule has 2 saturated heterocycles. The van der Waals surface area contributed by atoms with Crippen LogP contribution in [0.25, 0.3) is 11.0 Å². The summed E-state index contributed by atoms with van der Waals surface area (Å²) in [5, 5.41) is 12.6. The lowest BCUT2D eigenvalue weighted by Gasteiger charge is -2.38. The largest absolute Gasteiger partial charge is 0.481 e. The summed E-state index contributed by atoms with van der Waals surface area (Å²) in [6.07, 6.45) is -0.694. The molecule has 1 aliphatic carbocycles. The molecule has 0 radical (unpaired) electrons. The molecule has 0 spiro atoms. The van der Waals surface area contributed by atoms with E-state index in [9.17, 15) is 32.7 Å². The van der Waals surface area contributed by atoms with Gasteiger partial charge in [-0.25, -0.2) is 4.39 Å². The van der Waals surface area contributed by atoms with Gasteiger partial charge in [0.05, 0.1) is 53.9 Å². The van der Waals surface area contributed by atoms with Crippen molar-refractivity contribution < 1.29 is 46.2 Å². The van der Waals surface area contributed by atoms with Crippen LogP contribution in [0.1, 0.15) is 48.0 Å². The normalized spacial score (nSPS) is 23.7. The third-order valence-electron chi connectivity index (χ3n) is 10.0. The molecule has 6 rings (SSSR count). The SMILES string of the molecule is O=C(Nc1cc(F)c(CC(=O)N2C[C@@H](N3CCN(CC(F)(F)F)CC3)C[C@H]2CO[C@H]2CC[C@H](C(=O)O)CC2)cc1Cl)c1coc2ccccc12. The van der Waals surface area contributed by atoms with Crippen molar-refractivity contribution in [2.45, 2.75) is 62.9 Å². The zero-order chi connectivity index (χ0) is 35.6. The van der Waals surface area contributed by atoms with Gasteiger partial charge in [-0.05, 0) is 55.9 Å². The molecule has 2 aromatic carbocycles. The van der Waals surface area contributed by atoms with E-state index in [0.29, 0.717) is 62.7 Å². The van der Waals surface area contributed by atoms with Gasteiger partial charge in [-0.2, -0.15) is 13.2 Å². The van der Waals surface area contributed by atoms with Crippen LogP contribution in [-0.4, -0.2) is 108 Å². The Hall–Kier alpha value is -3.72. The number of alkyl halides is 3. The van der Waals surface area contributed by atoms with E-state index in [0.717, 1.165) is 6.07 Å². The zero-order valence-corrected chi connectivity index (χ0v) is 28.0. The summed E-state index contributed by atoms with van der Waals surface area (Å²) >= 11 is 6.47. The number of para-hydroxylation sites is 1. The van der Waals surface area contributed by atoms with Crippen molar-refractivity contribution in [3.05, 3.63) is 64.6 Å². The van der Waals surface area contributed by atoms with Crippen LogP contribution in [0.3, 0.4) is 0 Å². The topological polar surface area (TPSA) is 116 Å². The van der Waals surface area contributed by atoms with Crippen LogP contribution in [0.15, 0.2) is 47.1 Å². The number of nitrogens with zero attached hydrogens (tertiary/aromatic N) is 3. The van der Waals surface area contributed by atoms with Crippen molar-refractivity contribution in [1.29, 1.82) is 0 Å². The van der Waals surface area contributed by atoms with Crippen molar-refractivity contribution in [3.63, 3.8) is 0 Å². The number of nitrogens with one attached hydrogen (secondary N) is 1. The molecule has 15 heteroatoms. The third kappa shape index (κ3) is 8.59. The van der Waals surface area contributed by atoms with Crippen LogP contribution in [-0.2, 0) is 20.7 Å². The molecule has 3 aromatic rings. The number of hydrogen-bond acceptors (Lipinski definition) is 7. The summed E-state index contributed by atoms with van der Waals surface area (Å²) in [5.74, 6) is -2.84. The highest BCUT2D eigenvalue weighted by molar-refractivity contribution is 6.34. The first kappa shape index (κ1) is 36.1. The van der Waals surface area contributed by atoms with E-state index < -0.39 is 36.3 Å². The fourth-order valence-corrected chi connectivity index (χ4v) is 7.54. The number of anilines is 1. The second kappa shape index (κ2) is 15.3. The average molecular weight is 723 g/mol. The van der Waals surface area contributed by atoms with E-state index in [4.69, 9.17) is 20.8 Å². The summed E-state index contributed by atoms with van der Waals surface area (Å²) in [4.78, 5) is 43.3. The number of carbonyl (C=O) groups is 3. The highest BCUT2D eigenvalue weighted by atomic mass is 35.5. The lowest BCUT2D eigenvalue weighted by atomic mass is 9.87. The van der Waals surface area contributed by atoms with Gasteiger partial charge < -0.3 is 24.5 Å². The fraction of sp³-hybridized carbons (Fsp3) is 0.514. The minimum atomic E-state index is -4.28. The number of fused-ring (bicyclic) bond motifs is 1. The van der Waals surface area contributed by atoms with Crippen molar-refractivity contribution in [2.75, 3.05) is 51.2 Å². The summed E-state index contributed by atoms with van der Waals surface area (Å²) < 4.78 is 65.9. The lowest BCUT2D eigenvalue weighted by Crippen LogP contribution is -2.52. The van der Waals surface area contributed by atoms with Gasteiger partial charge in [0.2, 0.25) is 5.91 Å². The highest BCUT2D eigenvalue weighted by Gasteiger charge is 2.41. The van der Waals surface area contributed by atoms with Crippen molar-refractivity contribution in [1.82, 2.24) is 14.7 Å². The second-order valence-corrected chi connectivity index (χ2v) is 13.8. The molecule has 1 aromatic heterocycles. The van der Waals surface area contributed by atoms with E-state index in [-0.39, 0.29) is 72.0 Å². The number of likely N-dealkylation sites (tertiary alicyclic amines) is 1. The van der Waals surface area contributed by atoms with Crippen LogP contribution in [0.4, 0.5) is 23.2 Å². The Morgan fingerprint density at radius 1 is 1.04 bits per heavy atom. The van der Waals surface area contributed by atoms with Gasteiger partial charge in [-0.3, -0.25) is 24.2 Å². The molecule has 50 heavy (non-hydrogen) atoms. The minimum absolute atomic E-state index is 0.0328. The van der Waals surface area contributed by atoms with Crippen LogP contribution in [0.5, 0.6) is 0 Å². The Morgan fingerprint density at radius 2 is 1.76 bits per heavy atom. The van der Waals surface area contributed by atoms with Gasteiger partial charge in [0, 0.05) is 44.2 Å². The molecular weight excluding hydrogens is 684 g/mol. The van der Waals surface area contributed by atoms with Crippen LogP contribution in [0.2, 0.25) is 5.02 Å². The summed E-state index contributed by atoms with van der Waals surface area (Å²) in [7, 11) is 0. The predicted octanol–water partition coefficient (Wildman–Crippen LogP) is 5.83. The number of rotatable bonds is 10. The molecule has 2 N–H and O–H groups in total. The zero-order valence-electron chi connectivity index (χ0n) is 27.3. The predicted molar refractivity (Wildman–Crippen MR) is 177 cm³/mol. The number of aliphatic carboxylic acids is 1. The monoisotopic (exact) mass is 722 g/mol. The summed E-state index contributed by atoms with van der Waals surface area (Å²) in [5.41, 5.74) is 0.851. The Balaban J connectivity index is 1.12. The number of halogens is 5. The van der Waals surface area contributed by atoms with E-state index in [1.54, 1.807) is 29.2 Å². The Labute approximate surface area is 291 Å².